The summed E-state index contributed by atoms with van der Waals surface area (Å²) in [6, 6.07) is 2.28. The first kappa shape index (κ1) is 18.3. The number of ether oxygens (including phenoxy) is 1. The molecule has 0 bridgehead atoms. The maximum absolute atomic E-state index is 11.9. The number of amides is 1. The van der Waals surface area contributed by atoms with E-state index in [2.05, 4.69) is 10.0 Å². The van der Waals surface area contributed by atoms with E-state index in [1.165, 1.54) is 0 Å². The van der Waals surface area contributed by atoms with Crippen molar-refractivity contribution in [2.45, 2.75) is 30.6 Å². The molecule has 0 aromatic carbocycles. The van der Waals surface area contributed by atoms with E-state index in [1.807, 2.05) is 0 Å². The minimum absolute atomic E-state index is 0.0294. The highest BCUT2D eigenvalue weighted by molar-refractivity contribution is 7.91. The highest BCUT2D eigenvalue weighted by atomic mass is 32.2. The maximum atomic E-state index is 11.9. The van der Waals surface area contributed by atoms with E-state index in [4.69, 9.17) is 4.74 Å². The van der Waals surface area contributed by atoms with Crippen molar-refractivity contribution in [3.05, 3.63) is 22.2 Å². The van der Waals surface area contributed by atoms with Gasteiger partial charge in [-0.2, -0.15) is 0 Å². The summed E-state index contributed by atoms with van der Waals surface area (Å²) in [6.45, 7) is 5.09. The first-order valence-electron chi connectivity index (χ1n) is 6.22. The standard InChI is InChI=1S/C11H17N3O6S2/c1-11(2,3)20-10(15)12-6-7-13-22(18,19)9-5-4-8(21-9)14(16)17/h4-5,13H,6-7H2,1-3H3,(H,12,15). The number of hydrogen-bond donors (Lipinski definition) is 2. The van der Waals surface area contributed by atoms with Gasteiger partial charge in [-0.25, -0.2) is 17.9 Å². The van der Waals surface area contributed by atoms with Crippen LogP contribution >= 0.6 is 11.3 Å². The fourth-order valence-corrected chi connectivity index (χ4v) is 3.47. The number of alkyl carbamates (subject to hydrolysis) is 1. The molecule has 0 spiro atoms. The van der Waals surface area contributed by atoms with Crippen LogP contribution in [0, 0.1) is 10.1 Å². The van der Waals surface area contributed by atoms with Crippen molar-refractivity contribution >= 4 is 32.5 Å². The molecule has 9 nitrogen and oxygen atoms in total. The first-order chi connectivity index (χ1) is 10.0. The van der Waals surface area contributed by atoms with E-state index in [0.29, 0.717) is 11.3 Å². The third-order valence-electron chi connectivity index (χ3n) is 2.10. The lowest BCUT2D eigenvalue weighted by Gasteiger charge is -2.19. The lowest BCUT2D eigenvalue weighted by Crippen LogP contribution is -2.37. The van der Waals surface area contributed by atoms with Gasteiger partial charge in [0.05, 0.1) is 4.92 Å². The Hall–Kier alpha value is -1.72. The molecule has 0 aliphatic carbocycles. The number of sulfonamides is 1. The largest absolute Gasteiger partial charge is 0.444 e. The van der Waals surface area contributed by atoms with E-state index in [1.54, 1.807) is 20.8 Å². The molecule has 1 rings (SSSR count). The molecule has 124 valence electrons. The summed E-state index contributed by atoms with van der Waals surface area (Å²) in [5.74, 6) is 0. The van der Waals surface area contributed by atoms with Crippen LogP contribution in [0.2, 0.25) is 0 Å². The Kier molecular flexibility index (Phi) is 5.85. The molecule has 22 heavy (non-hydrogen) atoms. The third kappa shape index (κ3) is 5.95. The van der Waals surface area contributed by atoms with E-state index in [-0.39, 0.29) is 22.3 Å². The second kappa shape index (κ2) is 7.03. The van der Waals surface area contributed by atoms with Crippen molar-refractivity contribution in [2.75, 3.05) is 13.1 Å². The molecule has 11 heteroatoms. The summed E-state index contributed by atoms with van der Waals surface area (Å²) in [4.78, 5) is 21.2. The molecule has 2 N–H and O–H groups in total. The highest BCUT2D eigenvalue weighted by Gasteiger charge is 2.20. The summed E-state index contributed by atoms with van der Waals surface area (Å²) in [5.41, 5.74) is -0.639. The van der Waals surface area contributed by atoms with Gasteiger partial charge in [0.1, 0.15) is 9.81 Å². The molecular formula is C11H17N3O6S2. The first-order valence-corrected chi connectivity index (χ1v) is 8.52. The molecule has 1 aromatic rings. The lowest BCUT2D eigenvalue weighted by molar-refractivity contribution is -0.380. The van der Waals surface area contributed by atoms with Crippen LogP contribution in [0.1, 0.15) is 20.8 Å². The van der Waals surface area contributed by atoms with Gasteiger partial charge < -0.3 is 10.1 Å². The average molecular weight is 351 g/mol. The van der Waals surface area contributed by atoms with E-state index < -0.39 is 26.6 Å². The zero-order valence-corrected chi connectivity index (χ0v) is 13.9. The van der Waals surface area contributed by atoms with Crippen LogP contribution in [0.4, 0.5) is 9.80 Å². The summed E-state index contributed by atoms with van der Waals surface area (Å²) in [5, 5.41) is 12.7. The molecular weight excluding hydrogens is 334 g/mol. The Labute approximate surface area is 131 Å². The van der Waals surface area contributed by atoms with Crippen molar-refractivity contribution in [3.63, 3.8) is 0 Å². The van der Waals surface area contributed by atoms with Crippen molar-refractivity contribution < 1.29 is 22.9 Å². The fraction of sp³-hybridized carbons (Fsp3) is 0.545. The Balaban J connectivity index is 2.46. The second-order valence-electron chi connectivity index (χ2n) is 5.18. The zero-order chi connectivity index (χ0) is 17.0. The molecule has 0 aliphatic heterocycles. The number of nitro groups is 1. The Morgan fingerprint density at radius 2 is 2.00 bits per heavy atom. The molecule has 0 fully saturated rings. The Morgan fingerprint density at radius 3 is 2.50 bits per heavy atom. The van der Waals surface area contributed by atoms with Crippen LogP contribution in [0.25, 0.3) is 0 Å². The minimum Gasteiger partial charge on any atom is -0.444 e. The quantitative estimate of drug-likeness (QED) is 0.454. The predicted octanol–water partition coefficient (Wildman–Crippen LogP) is 1.46. The summed E-state index contributed by atoms with van der Waals surface area (Å²) in [6.07, 6.45) is -0.654. The van der Waals surface area contributed by atoms with E-state index in [0.717, 1.165) is 12.1 Å². The van der Waals surface area contributed by atoms with Crippen molar-refractivity contribution in [3.8, 4) is 0 Å². The molecule has 1 aromatic heterocycles. The molecule has 1 amide bonds. The SMILES string of the molecule is CC(C)(C)OC(=O)NCCNS(=O)(=O)c1ccc([N+](=O)[O-])s1. The fourth-order valence-electron chi connectivity index (χ4n) is 1.29. The van der Waals surface area contributed by atoms with Gasteiger partial charge in [0.25, 0.3) is 0 Å². The molecule has 0 aliphatic rings. The van der Waals surface area contributed by atoms with Gasteiger partial charge in [0, 0.05) is 19.2 Å². The molecule has 0 saturated carbocycles. The normalized spacial score (nSPS) is 12.0. The van der Waals surface area contributed by atoms with E-state index in [9.17, 15) is 23.3 Å². The zero-order valence-electron chi connectivity index (χ0n) is 12.3. The topological polar surface area (TPSA) is 128 Å². The van der Waals surface area contributed by atoms with Crippen LogP contribution < -0.4 is 10.0 Å². The molecule has 0 saturated heterocycles. The summed E-state index contributed by atoms with van der Waals surface area (Å²) < 4.78 is 30.8. The van der Waals surface area contributed by atoms with Crippen LogP contribution in [-0.2, 0) is 14.8 Å². The Bertz CT molecular complexity index is 647. The molecule has 0 atom stereocenters. The maximum Gasteiger partial charge on any atom is 0.407 e. The number of thiophene rings is 1. The molecule has 0 radical (unpaired) electrons. The Morgan fingerprint density at radius 1 is 1.36 bits per heavy atom. The number of carbonyl (C=O) groups excluding carboxylic acids is 1. The number of hydrogen-bond acceptors (Lipinski definition) is 7. The van der Waals surface area contributed by atoms with Gasteiger partial charge in [0.15, 0.2) is 0 Å². The van der Waals surface area contributed by atoms with Crippen LogP contribution in [0.15, 0.2) is 16.3 Å². The van der Waals surface area contributed by atoms with Gasteiger partial charge in [-0.1, -0.05) is 0 Å². The number of rotatable bonds is 6. The highest BCUT2D eigenvalue weighted by Crippen LogP contribution is 2.27. The second-order valence-corrected chi connectivity index (χ2v) is 8.23. The third-order valence-corrected chi connectivity index (χ3v) is 5.09. The van der Waals surface area contributed by atoms with Crippen LogP contribution in [0.3, 0.4) is 0 Å². The molecule has 1 heterocycles. The van der Waals surface area contributed by atoms with Gasteiger partial charge in [-0.15, -0.1) is 0 Å². The summed E-state index contributed by atoms with van der Waals surface area (Å²) >= 11 is 0.559. The average Bonchev–Trinajstić information content (AvgIpc) is 2.83. The van der Waals surface area contributed by atoms with Crippen LogP contribution in [-0.4, -0.2) is 38.1 Å². The van der Waals surface area contributed by atoms with Gasteiger partial charge >= 0.3 is 11.1 Å². The van der Waals surface area contributed by atoms with Gasteiger partial charge in [0.2, 0.25) is 10.0 Å². The minimum atomic E-state index is -3.83. The monoisotopic (exact) mass is 351 g/mol. The van der Waals surface area contributed by atoms with Crippen molar-refractivity contribution in [1.29, 1.82) is 0 Å². The smallest absolute Gasteiger partial charge is 0.407 e. The van der Waals surface area contributed by atoms with Gasteiger partial charge in [-0.3, -0.25) is 10.1 Å². The number of nitrogens with zero attached hydrogens (tertiary/aromatic N) is 1. The number of nitrogens with one attached hydrogen (secondary N) is 2. The number of carbonyl (C=O) groups is 1. The van der Waals surface area contributed by atoms with Crippen molar-refractivity contribution in [1.82, 2.24) is 10.0 Å². The van der Waals surface area contributed by atoms with Crippen molar-refractivity contribution in [2.24, 2.45) is 0 Å². The predicted molar refractivity (Wildman–Crippen MR) is 80.4 cm³/mol. The molecule has 0 unspecified atom stereocenters. The summed E-state index contributed by atoms with van der Waals surface area (Å²) in [7, 11) is -3.83. The van der Waals surface area contributed by atoms with Crippen LogP contribution in [0.5, 0.6) is 0 Å². The lowest BCUT2D eigenvalue weighted by atomic mass is 10.2. The van der Waals surface area contributed by atoms with E-state index >= 15 is 0 Å². The van der Waals surface area contributed by atoms with Gasteiger partial charge in [-0.05, 0) is 38.2 Å².